The van der Waals surface area contributed by atoms with Gasteiger partial charge in [-0.3, -0.25) is 14.5 Å². The molecule has 0 fully saturated rings. The summed E-state index contributed by atoms with van der Waals surface area (Å²) in [6, 6.07) is 14.6. The van der Waals surface area contributed by atoms with E-state index in [0.717, 1.165) is 10.5 Å². The Morgan fingerprint density at radius 1 is 0.818 bits per heavy atom. The van der Waals surface area contributed by atoms with E-state index < -0.39 is 24.1 Å². The molecule has 0 bridgehead atoms. The third-order valence-electron chi connectivity index (χ3n) is 3.79. The van der Waals surface area contributed by atoms with Gasteiger partial charge in [-0.1, -0.05) is 42.5 Å². The van der Waals surface area contributed by atoms with Gasteiger partial charge in [0, 0.05) is 0 Å². The maximum absolute atomic E-state index is 12.4. The molecule has 0 radical (unpaired) electrons. The van der Waals surface area contributed by atoms with E-state index in [1.807, 2.05) is 30.3 Å². The molecule has 0 aromatic heterocycles. The Kier molecular flexibility index (Phi) is 3.75. The van der Waals surface area contributed by atoms with Crippen molar-refractivity contribution in [1.29, 1.82) is 0 Å². The molecule has 22 heavy (non-hydrogen) atoms. The number of carbonyl (C=O) groups excluding carboxylic acids is 2. The van der Waals surface area contributed by atoms with Gasteiger partial charge < -0.3 is 10.2 Å². The van der Waals surface area contributed by atoms with Crippen LogP contribution in [-0.4, -0.2) is 39.3 Å². The molecule has 112 valence electrons. The molecule has 2 aromatic rings. The molecule has 2 amide bonds. The first-order valence-corrected chi connectivity index (χ1v) is 6.96. The predicted molar refractivity (Wildman–Crippen MR) is 79.1 cm³/mol. The van der Waals surface area contributed by atoms with E-state index >= 15 is 0 Å². The number of aliphatic hydroxyl groups excluding tert-OH is 1. The van der Waals surface area contributed by atoms with Gasteiger partial charge in [-0.2, -0.15) is 0 Å². The minimum Gasteiger partial charge on any atom is -0.366 e. The van der Waals surface area contributed by atoms with Crippen LogP contribution in [-0.2, 0) is 6.42 Å². The van der Waals surface area contributed by atoms with E-state index in [4.69, 9.17) is 0 Å². The van der Waals surface area contributed by atoms with Crippen molar-refractivity contribution < 1.29 is 19.8 Å². The molecule has 0 unspecified atom stereocenters. The van der Waals surface area contributed by atoms with Crippen LogP contribution in [0.4, 0.5) is 0 Å². The van der Waals surface area contributed by atoms with Gasteiger partial charge in [0.05, 0.1) is 17.2 Å². The number of aliphatic hydroxyl groups is 2. The van der Waals surface area contributed by atoms with Crippen molar-refractivity contribution in [3.8, 4) is 0 Å². The van der Waals surface area contributed by atoms with Crippen LogP contribution in [0.2, 0.25) is 0 Å². The summed E-state index contributed by atoms with van der Waals surface area (Å²) in [5.41, 5.74) is 1.41. The lowest BCUT2D eigenvalue weighted by molar-refractivity contribution is -0.0859. The second kappa shape index (κ2) is 5.71. The summed E-state index contributed by atoms with van der Waals surface area (Å²) < 4.78 is 0. The third kappa shape index (κ3) is 2.41. The number of fused-ring (bicyclic) bond motifs is 1. The van der Waals surface area contributed by atoms with Crippen molar-refractivity contribution in [3.63, 3.8) is 0 Å². The van der Waals surface area contributed by atoms with Gasteiger partial charge in [0.15, 0.2) is 6.29 Å². The first-order valence-electron chi connectivity index (χ1n) is 6.96. The molecule has 1 heterocycles. The maximum atomic E-state index is 12.4. The molecule has 5 nitrogen and oxygen atoms in total. The Balaban J connectivity index is 1.94. The summed E-state index contributed by atoms with van der Waals surface area (Å²) in [6.07, 6.45) is -1.62. The van der Waals surface area contributed by atoms with Gasteiger partial charge in [0.1, 0.15) is 0 Å². The normalized spacial score (nSPS) is 15.3. The van der Waals surface area contributed by atoms with Crippen LogP contribution in [0.25, 0.3) is 0 Å². The highest BCUT2D eigenvalue weighted by molar-refractivity contribution is 6.21. The van der Waals surface area contributed by atoms with Gasteiger partial charge in [0.25, 0.3) is 11.8 Å². The van der Waals surface area contributed by atoms with Crippen molar-refractivity contribution in [1.82, 2.24) is 4.90 Å². The summed E-state index contributed by atoms with van der Waals surface area (Å²) in [4.78, 5) is 25.8. The second-order valence-corrected chi connectivity index (χ2v) is 5.20. The minimum atomic E-state index is -1.80. The number of hydrogen-bond donors (Lipinski definition) is 2. The lowest BCUT2D eigenvalue weighted by Gasteiger charge is -2.27. The van der Waals surface area contributed by atoms with Crippen molar-refractivity contribution in [2.75, 3.05) is 0 Å². The Morgan fingerprint density at radius 3 is 1.82 bits per heavy atom. The van der Waals surface area contributed by atoms with Crippen molar-refractivity contribution in [2.24, 2.45) is 0 Å². The van der Waals surface area contributed by atoms with Gasteiger partial charge in [-0.15, -0.1) is 0 Å². The highest BCUT2D eigenvalue weighted by Gasteiger charge is 2.41. The van der Waals surface area contributed by atoms with Gasteiger partial charge in [-0.25, -0.2) is 0 Å². The molecule has 3 rings (SSSR count). The van der Waals surface area contributed by atoms with Crippen molar-refractivity contribution in [3.05, 3.63) is 71.3 Å². The summed E-state index contributed by atoms with van der Waals surface area (Å²) in [5, 5.41) is 19.3. The fourth-order valence-corrected chi connectivity index (χ4v) is 2.69. The summed E-state index contributed by atoms with van der Waals surface area (Å²) in [6.45, 7) is 0. The number of amides is 2. The van der Waals surface area contributed by atoms with Gasteiger partial charge in [0.2, 0.25) is 0 Å². The minimum absolute atomic E-state index is 0.184. The zero-order chi connectivity index (χ0) is 15.7. The second-order valence-electron chi connectivity index (χ2n) is 5.20. The van der Waals surface area contributed by atoms with E-state index in [-0.39, 0.29) is 6.42 Å². The number of carbonyl (C=O) groups is 2. The lowest BCUT2D eigenvalue weighted by Crippen LogP contribution is -2.48. The number of hydrogen-bond acceptors (Lipinski definition) is 4. The van der Waals surface area contributed by atoms with Gasteiger partial charge >= 0.3 is 0 Å². The topological polar surface area (TPSA) is 77.8 Å². The fraction of sp³-hybridized carbons (Fsp3) is 0.176. The summed E-state index contributed by atoms with van der Waals surface area (Å²) >= 11 is 0. The smallest absolute Gasteiger partial charge is 0.261 e. The van der Waals surface area contributed by atoms with Crippen LogP contribution in [0.1, 0.15) is 26.3 Å². The molecule has 0 aliphatic carbocycles. The van der Waals surface area contributed by atoms with E-state index in [9.17, 15) is 19.8 Å². The van der Waals surface area contributed by atoms with Crippen LogP contribution < -0.4 is 0 Å². The monoisotopic (exact) mass is 297 g/mol. The average molecular weight is 297 g/mol. The number of benzene rings is 2. The Hall–Kier alpha value is -2.50. The zero-order valence-corrected chi connectivity index (χ0v) is 11.7. The molecule has 1 atom stereocenters. The van der Waals surface area contributed by atoms with Gasteiger partial charge in [-0.05, 0) is 24.1 Å². The standard InChI is InChI=1S/C17H15NO4/c19-15-12-8-4-5-9-13(12)16(20)18(15)14(17(21)22)10-11-6-2-1-3-7-11/h1-9,14,17,21-22H,10H2/t14-/m0/s1. The molecular formula is C17H15NO4. The third-order valence-corrected chi connectivity index (χ3v) is 3.79. The quantitative estimate of drug-likeness (QED) is 0.657. The van der Waals surface area contributed by atoms with E-state index in [1.54, 1.807) is 24.3 Å². The molecule has 1 aliphatic heterocycles. The van der Waals surface area contributed by atoms with E-state index in [1.165, 1.54) is 0 Å². The highest BCUT2D eigenvalue weighted by atomic mass is 16.5. The number of rotatable bonds is 4. The summed E-state index contributed by atoms with van der Waals surface area (Å²) in [5.74, 6) is -0.982. The SMILES string of the molecule is O=C1c2ccccc2C(=O)N1[C@@H](Cc1ccccc1)C(O)O. The first kappa shape index (κ1) is 14.4. The average Bonchev–Trinajstić information content (AvgIpc) is 2.78. The molecule has 5 heteroatoms. The van der Waals surface area contributed by atoms with E-state index in [0.29, 0.717) is 11.1 Å². The fourth-order valence-electron chi connectivity index (χ4n) is 2.69. The molecule has 0 spiro atoms. The first-order chi connectivity index (χ1) is 10.6. The van der Waals surface area contributed by atoms with Crippen LogP contribution in [0.15, 0.2) is 54.6 Å². The number of nitrogens with zero attached hydrogens (tertiary/aromatic N) is 1. The predicted octanol–water partition coefficient (Wildman–Crippen LogP) is 1.20. The Labute approximate surface area is 127 Å². The molecule has 2 N–H and O–H groups in total. The number of imide groups is 1. The zero-order valence-electron chi connectivity index (χ0n) is 11.7. The molecule has 1 aliphatic rings. The lowest BCUT2D eigenvalue weighted by atomic mass is 10.0. The molecule has 2 aromatic carbocycles. The Bertz CT molecular complexity index is 677. The van der Waals surface area contributed by atoms with Crippen molar-refractivity contribution in [2.45, 2.75) is 18.8 Å². The van der Waals surface area contributed by atoms with Crippen LogP contribution >= 0.6 is 0 Å². The molecule has 0 saturated heterocycles. The van der Waals surface area contributed by atoms with Crippen molar-refractivity contribution >= 4 is 11.8 Å². The van der Waals surface area contributed by atoms with Crippen LogP contribution in [0, 0.1) is 0 Å². The van der Waals surface area contributed by atoms with Crippen LogP contribution in [0.3, 0.4) is 0 Å². The summed E-state index contributed by atoms with van der Waals surface area (Å²) in [7, 11) is 0. The largest absolute Gasteiger partial charge is 0.366 e. The Morgan fingerprint density at radius 2 is 1.32 bits per heavy atom. The van der Waals surface area contributed by atoms with Crippen LogP contribution in [0.5, 0.6) is 0 Å². The maximum Gasteiger partial charge on any atom is 0.261 e. The van der Waals surface area contributed by atoms with E-state index in [2.05, 4.69) is 0 Å². The molecular weight excluding hydrogens is 282 g/mol. The molecule has 0 saturated carbocycles. The highest BCUT2D eigenvalue weighted by Crippen LogP contribution is 2.26.